The number of fused-ring (bicyclic) bond motifs is 1. The summed E-state index contributed by atoms with van der Waals surface area (Å²) in [5.74, 6) is 2.44. The van der Waals surface area contributed by atoms with E-state index in [2.05, 4.69) is 62.1 Å². The summed E-state index contributed by atoms with van der Waals surface area (Å²) in [6.07, 6.45) is 5.49. The molecule has 4 nitrogen and oxygen atoms in total. The van der Waals surface area contributed by atoms with Crippen LogP contribution in [0.1, 0.15) is 62.3 Å². The maximum atomic E-state index is 9.65. The predicted molar refractivity (Wildman–Crippen MR) is 135 cm³/mol. The SMILES string of the molecule is COc1cc(CC(C)C)ccc1COc1ccc2c(c1)CCC(CN1CCC[C@@H]1CO)=C2C. The lowest BCUT2D eigenvalue weighted by molar-refractivity contribution is 0.167. The Labute approximate surface area is 199 Å². The summed E-state index contributed by atoms with van der Waals surface area (Å²) in [5, 5.41) is 9.65. The van der Waals surface area contributed by atoms with E-state index in [9.17, 15) is 5.11 Å². The molecule has 0 amide bonds. The molecule has 0 saturated carbocycles. The van der Waals surface area contributed by atoms with Gasteiger partial charge in [0.05, 0.1) is 13.7 Å². The van der Waals surface area contributed by atoms with Gasteiger partial charge in [0.25, 0.3) is 0 Å². The molecule has 1 heterocycles. The number of benzene rings is 2. The quantitative estimate of drug-likeness (QED) is 0.537. The lowest BCUT2D eigenvalue weighted by Crippen LogP contribution is -2.34. The Morgan fingerprint density at radius 1 is 1.12 bits per heavy atom. The normalized spacial score (nSPS) is 18.7. The van der Waals surface area contributed by atoms with Gasteiger partial charge in [-0.15, -0.1) is 0 Å². The minimum Gasteiger partial charge on any atom is -0.496 e. The molecule has 1 saturated heterocycles. The third-order valence-corrected chi connectivity index (χ3v) is 7.20. The number of rotatable bonds is 9. The Hall–Kier alpha value is -2.30. The fourth-order valence-corrected chi connectivity index (χ4v) is 5.32. The van der Waals surface area contributed by atoms with Crippen molar-refractivity contribution in [2.45, 2.75) is 65.5 Å². The topological polar surface area (TPSA) is 41.9 Å². The van der Waals surface area contributed by atoms with Crippen molar-refractivity contribution in [3.8, 4) is 11.5 Å². The first-order valence-corrected chi connectivity index (χ1v) is 12.4. The second-order valence-electron chi connectivity index (χ2n) is 10.0. The highest BCUT2D eigenvalue weighted by molar-refractivity contribution is 5.72. The van der Waals surface area contributed by atoms with Crippen molar-refractivity contribution in [1.29, 1.82) is 0 Å². The van der Waals surface area contributed by atoms with Gasteiger partial charge in [-0.25, -0.2) is 0 Å². The molecule has 0 radical (unpaired) electrons. The van der Waals surface area contributed by atoms with Crippen LogP contribution >= 0.6 is 0 Å². The monoisotopic (exact) mass is 449 g/mol. The fraction of sp³-hybridized carbons (Fsp3) is 0.517. The lowest BCUT2D eigenvalue weighted by Gasteiger charge is -2.28. The summed E-state index contributed by atoms with van der Waals surface area (Å²) in [6.45, 7) is 9.58. The first-order valence-electron chi connectivity index (χ1n) is 12.4. The van der Waals surface area contributed by atoms with Crippen molar-refractivity contribution >= 4 is 5.57 Å². The van der Waals surface area contributed by atoms with Gasteiger partial charge in [0.2, 0.25) is 0 Å². The molecule has 2 aliphatic rings. The van der Waals surface area contributed by atoms with Gasteiger partial charge in [0.15, 0.2) is 0 Å². The number of hydrogen-bond acceptors (Lipinski definition) is 4. The first kappa shape index (κ1) is 23.8. The summed E-state index contributed by atoms with van der Waals surface area (Å²) < 4.78 is 11.8. The summed E-state index contributed by atoms with van der Waals surface area (Å²) in [6, 6.07) is 13.3. The highest BCUT2D eigenvalue weighted by Crippen LogP contribution is 2.35. The Balaban J connectivity index is 1.44. The second-order valence-corrected chi connectivity index (χ2v) is 10.0. The van der Waals surface area contributed by atoms with E-state index < -0.39 is 0 Å². The molecule has 4 rings (SSSR count). The Bertz CT molecular complexity index is 994. The van der Waals surface area contributed by atoms with Crippen molar-refractivity contribution < 1.29 is 14.6 Å². The zero-order valence-corrected chi connectivity index (χ0v) is 20.7. The number of aliphatic hydroxyl groups is 1. The maximum absolute atomic E-state index is 9.65. The molecule has 1 N–H and O–H groups in total. The molecule has 0 bridgehead atoms. The summed E-state index contributed by atoms with van der Waals surface area (Å²) in [7, 11) is 1.73. The van der Waals surface area contributed by atoms with Crippen LogP contribution in [-0.4, -0.2) is 42.9 Å². The molecule has 2 aromatic carbocycles. The Morgan fingerprint density at radius 2 is 1.97 bits per heavy atom. The molecular formula is C29H39NO3. The lowest BCUT2D eigenvalue weighted by atomic mass is 9.86. The van der Waals surface area contributed by atoms with E-state index in [1.54, 1.807) is 7.11 Å². The summed E-state index contributed by atoms with van der Waals surface area (Å²) in [4.78, 5) is 2.46. The van der Waals surface area contributed by atoms with Crippen LogP contribution in [0.4, 0.5) is 0 Å². The minimum absolute atomic E-state index is 0.273. The summed E-state index contributed by atoms with van der Waals surface area (Å²) in [5.41, 5.74) is 8.01. The number of likely N-dealkylation sites (tertiary alicyclic amines) is 1. The maximum Gasteiger partial charge on any atom is 0.125 e. The number of methoxy groups -OCH3 is 1. The highest BCUT2D eigenvalue weighted by atomic mass is 16.5. The van der Waals surface area contributed by atoms with Crippen molar-refractivity contribution in [1.82, 2.24) is 4.90 Å². The Morgan fingerprint density at radius 3 is 2.73 bits per heavy atom. The van der Waals surface area contributed by atoms with Crippen molar-refractivity contribution in [3.05, 3.63) is 64.2 Å². The van der Waals surface area contributed by atoms with Crippen LogP contribution in [0, 0.1) is 5.92 Å². The third kappa shape index (κ3) is 5.62. The van der Waals surface area contributed by atoms with E-state index in [-0.39, 0.29) is 6.61 Å². The second kappa shape index (κ2) is 10.8. The van der Waals surface area contributed by atoms with Gasteiger partial charge < -0.3 is 14.6 Å². The molecule has 0 aromatic heterocycles. The molecule has 178 valence electrons. The number of allylic oxidation sites excluding steroid dienone is 1. The van der Waals surface area contributed by atoms with E-state index >= 15 is 0 Å². The molecule has 33 heavy (non-hydrogen) atoms. The molecule has 0 spiro atoms. The minimum atomic E-state index is 0.273. The molecule has 1 fully saturated rings. The molecular weight excluding hydrogens is 410 g/mol. The van der Waals surface area contributed by atoms with Crippen molar-refractivity contribution in [2.24, 2.45) is 5.92 Å². The molecule has 1 atom stereocenters. The molecule has 2 aromatic rings. The number of nitrogens with zero attached hydrogens (tertiary/aromatic N) is 1. The van der Waals surface area contributed by atoms with Gasteiger partial charge in [-0.1, -0.05) is 37.6 Å². The highest BCUT2D eigenvalue weighted by Gasteiger charge is 2.26. The van der Waals surface area contributed by atoms with E-state index in [4.69, 9.17) is 9.47 Å². The van der Waals surface area contributed by atoms with Crippen LogP contribution in [0.5, 0.6) is 11.5 Å². The van der Waals surface area contributed by atoms with Crippen LogP contribution in [0.3, 0.4) is 0 Å². The first-order chi connectivity index (χ1) is 16.0. The molecule has 0 unspecified atom stereocenters. The third-order valence-electron chi connectivity index (χ3n) is 7.20. The average molecular weight is 450 g/mol. The van der Waals surface area contributed by atoms with Gasteiger partial charge in [0.1, 0.15) is 18.1 Å². The fourth-order valence-electron chi connectivity index (χ4n) is 5.32. The number of hydrogen-bond donors (Lipinski definition) is 1. The number of ether oxygens (including phenoxy) is 2. The van der Waals surface area contributed by atoms with Crippen molar-refractivity contribution in [3.63, 3.8) is 0 Å². The Kier molecular flexibility index (Phi) is 7.77. The zero-order chi connectivity index (χ0) is 23.4. The van der Waals surface area contributed by atoms with Crippen molar-refractivity contribution in [2.75, 3.05) is 26.8 Å². The van der Waals surface area contributed by atoms with E-state index in [1.807, 2.05) is 0 Å². The van der Waals surface area contributed by atoms with Crippen LogP contribution in [-0.2, 0) is 19.4 Å². The van der Waals surface area contributed by atoms with E-state index in [1.165, 1.54) is 34.3 Å². The number of aryl methyl sites for hydroxylation is 1. The van der Waals surface area contributed by atoms with Gasteiger partial charge in [-0.2, -0.15) is 0 Å². The van der Waals surface area contributed by atoms with Gasteiger partial charge in [0, 0.05) is 18.2 Å². The van der Waals surface area contributed by atoms with Gasteiger partial charge in [-0.05, 0) is 92.0 Å². The van der Waals surface area contributed by atoms with E-state index in [0.717, 1.165) is 55.8 Å². The average Bonchev–Trinajstić information content (AvgIpc) is 3.26. The largest absolute Gasteiger partial charge is 0.496 e. The van der Waals surface area contributed by atoms with Crippen LogP contribution in [0.15, 0.2) is 42.0 Å². The smallest absolute Gasteiger partial charge is 0.125 e. The predicted octanol–water partition coefficient (Wildman–Crippen LogP) is 5.65. The van der Waals surface area contributed by atoms with Crippen LogP contribution in [0.25, 0.3) is 5.57 Å². The van der Waals surface area contributed by atoms with Gasteiger partial charge in [-0.3, -0.25) is 4.90 Å². The van der Waals surface area contributed by atoms with E-state index in [0.29, 0.717) is 18.6 Å². The standard InChI is InChI=1S/C29H39NO3/c1-20(2)14-22-7-8-25(29(15-22)32-4)19-33-27-11-12-28-21(3)24(10-9-23(28)16-27)17-30-13-5-6-26(30)18-31/h7-8,11-12,15-16,20,26,31H,5-6,9-10,13-14,17-19H2,1-4H3/t26-/m1/s1. The summed E-state index contributed by atoms with van der Waals surface area (Å²) >= 11 is 0. The molecule has 1 aliphatic heterocycles. The molecule has 4 heteroatoms. The molecule has 1 aliphatic carbocycles. The van der Waals surface area contributed by atoms with Gasteiger partial charge >= 0.3 is 0 Å². The van der Waals surface area contributed by atoms with Crippen LogP contribution in [0.2, 0.25) is 0 Å². The number of aliphatic hydroxyl groups excluding tert-OH is 1. The zero-order valence-electron chi connectivity index (χ0n) is 20.7. The van der Waals surface area contributed by atoms with Crippen LogP contribution < -0.4 is 9.47 Å².